The van der Waals surface area contributed by atoms with E-state index in [1.165, 1.54) is 0 Å². The highest BCUT2D eigenvalue weighted by Crippen LogP contribution is 2.24. The summed E-state index contributed by atoms with van der Waals surface area (Å²) in [6.07, 6.45) is 1.86. The monoisotopic (exact) mass is 292 g/mol. The van der Waals surface area contributed by atoms with Crippen LogP contribution in [-0.2, 0) is 4.79 Å². The predicted molar refractivity (Wildman–Crippen MR) is 83.5 cm³/mol. The van der Waals surface area contributed by atoms with Crippen LogP contribution in [0.4, 0.5) is 11.5 Å². The summed E-state index contributed by atoms with van der Waals surface area (Å²) in [5, 5.41) is 0. The first-order valence-corrected chi connectivity index (χ1v) is 7.51. The molecule has 0 unspecified atom stereocenters. The Labute approximate surface area is 125 Å². The molecule has 0 saturated carbocycles. The first-order valence-electron chi connectivity index (χ1n) is 7.51. The highest BCUT2D eigenvalue weighted by Gasteiger charge is 2.18. The number of ether oxygens (including phenoxy) is 1. The van der Waals surface area contributed by atoms with Crippen molar-refractivity contribution in [1.29, 1.82) is 0 Å². The molecule has 1 saturated heterocycles. The summed E-state index contributed by atoms with van der Waals surface area (Å²) in [5.74, 6) is 1.50. The van der Waals surface area contributed by atoms with Crippen LogP contribution in [0.15, 0.2) is 12.1 Å². The van der Waals surface area contributed by atoms with E-state index in [1.54, 1.807) is 6.92 Å². The van der Waals surface area contributed by atoms with Crippen LogP contribution >= 0.6 is 0 Å². The summed E-state index contributed by atoms with van der Waals surface area (Å²) in [5.41, 5.74) is 6.46. The third kappa shape index (κ3) is 4.00. The van der Waals surface area contributed by atoms with Gasteiger partial charge in [0.1, 0.15) is 5.82 Å². The molecule has 1 amide bonds. The first kappa shape index (κ1) is 15.4. The smallest absolute Gasteiger partial charge is 0.239 e. The fourth-order valence-electron chi connectivity index (χ4n) is 2.39. The molecule has 0 bridgehead atoms. The number of pyridine rings is 1. The van der Waals surface area contributed by atoms with Crippen molar-refractivity contribution in [3.63, 3.8) is 0 Å². The molecule has 1 aliphatic rings. The Morgan fingerprint density at radius 3 is 2.86 bits per heavy atom. The van der Waals surface area contributed by atoms with Crippen molar-refractivity contribution in [1.82, 2.24) is 9.88 Å². The van der Waals surface area contributed by atoms with Crippen LogP contribution in [0.1, 0.15) is 26.7 Å². The molecule has 0 atom stereocenters. The molecule has 21 heavy (non-hydrogen) atoms. The summed E-state index contributed by atoms with van der Waals surface area (Å²) in [6.45, 7) is 7.47. The lowest BCUT2D eigenvalue weighted by atomic mass is 10.3. The van der Waals surface area contributed by atoms with Crippen molar-refractivity contribution in [2.45, 2.75) is 26.7 Å². The quantitative estimate of drug-likeness (QED) is 0.911. The zero-order valence-electron chi connectivity index (χ0n) is 12.8. The second-order valence-electron chi connectivity index (χ2n) is 5.26. The Hall–Kier alpha value is -1.98. The van der Waals surface area contributed by atoms with E-state index in [2.05, 4.69) is 9.88 Å². The standard InChI is InChI=1S/C15H24N4O2/c1-3-11-21-15-13(16)5-6-14(17-15)19-8-4-7-18(9-10-19)12(2)20/h5-6H,3-4,7-11,16H2,1-2H3. The van der Waals surface area contributed by atoms with Crippen LogP contribution in [0.3, 0.4) is 0 Å². The van der Waals surface area contributed by atoms with Gasteiger partial charge in [-0.1, -0.05) is 6.92 Å². The van der Waals surface area contributed by atoms with Gasteiger partial charge in [0.25, 0.3) is 0 Å². The van der Waals surface area contributed by atoms with Gasteiger partial charge in [-0.3, -0.25) is 4.79 Å². The fraction of sp³-hybridized carbons (Fsp3) is 0.600. The van der Waals surface area contributed by atoms with Crippen LogP contribution in [0.25, 0.3) is 0 Å². The largest absolute Gasteiger partial charge is 0.476 e. The molecular weight excluding hydrogens is 268 g/mol. The lowest BCUT2D eigenvalue weighted by Gasteiger charge is -2.23. The molecule has 1 aliphatic heterocycles. The van der Waals surface area contributed by atoms with Crippen LogP contribution < -0.4 is 15.4 Å². The van der Waals surface area contributed by atoms with Gasteiger partial charge >= 0.3 is 0 Å². The third-order valence-corrected chi connectivity index (χ3v) is 3.58. The van der Waals surface area contributed by atoms with Crippen LogP contribution in [0.2, 0.25) is 0 Å². The van der Waals surface area contributed by atoms with Crippen molar-refractivity contribution in [2.75, 3.05) is 43.4 Å². The number of nitrogens with zero attached hydrogens (tertiary/aromatic N) is 3. The number of carbonyl (C=O) groups excluding carboxylic acids is 1. The molecule has 0 spiro atoms. The van der Waals surface area contributed by atoms with Gasteiger partial charge in [-0.05, 0) is 25.0 Å². The molecule has 6 heteroatoms. The van der Waals surface area contributed by atoms with Crippen molar-refractivity contribution < 1.29 is 9.53 Å². The van der Waals surface area contributed by atoms with Crippen molar-refractivity contribution in [3.8, 4) is 5.88 Å². The maximum absolute atomic E-state index is 11.5. The molecule has 6 nitrogen and oxygen atoms in total. The Morgan fingerprint density at radius 2 is 2.14 bits per heavy atom. The molecule has 1 fully saturated rings. The van der Waals surface area contributed by atoms with E-state index in [-0.39, 0.29) is 5.91 Å². The van der Waals surface area contributed by atoms with Crippen molar-refractivity contribution >= 4 is 17.4 Å². The number of nitrogen functional groups attached to an aromatic ring is 1. The van der Waals surface area contributed by atoms with Gasteiger partial charge in [0, 0.05) is 33.1 Å². The Kier molecular flexibility index (Phi) is 5.25. The maximum Gasteiger partial charge on any atom is 0.239 e. The van der Waals surface area contributed by atoms with Gasteiger partial charge in [0.05, 0.1) is 12.3 Å². The summed E-state index contributed by atoms with van der Waals surface area (Å²) < 4.78 is 5.58. The molecule has 116 valence electrons. The predicted octanol–water partition coefficient (Wildman–Crippen LogP) is 1.51. The van der Waals surface area contributed by atoms with E-state index in [0.717, 1.165) is 44.8 Å². The molecule has 0 aromatic carbocycles. The molecule has 2 N–H and O–H groups in total. The molecular formula is C15H24N4O2. The van der Waals surface area contributed by atoms with Gasteiger partial charge in [-0.25, -0.2) is 0 Å². The fourth-order valence-corrected chi connectivity index (χ4v) is 2.39. The zero-order valence-corrected chi connectivity index (χ0v) is 12.8. The number of nitrogens with two attached hydrogens (primary N) is 1. The van der Waals surface area contributed by atoms with Gasteiger partial charge in [0.15, 0.2) is 0 Å². The number of rotatable bonds is 4. The average molecular weight is 292 g/mol. The lowest BCUT2D eigenvalue weighted by Crippen LogP contribution is -2.33. The number of hydrogen-bond acceptors (Lipinski definition) is 5. The number of hydrogen-bond donors (Lipinski definition) is 1. The summed E-state index contributed by atoms with van der Waals surface area (Å²) in [7, 11) is 0. The van der Waals surface area contributed by atoms with E-state index in [4.69, 9.17) is 10.5 Å². The van der Waals surface area contributed by atoms with Gasteiger partial charge < -0.3 is 20.3 Å². The number of carbonyl (C=O) groups is 1. The highest BCUT2D eigenvalue weighted by atomic mass is 16.5. The van der Waals surface area contributed by atoms with Crippen LogP contribution in [0, 0.1) is 0 Å². The second-order valence-corrected chi connectivity index (χ2v) is 5.26. The van der Waals surface area contributed by atoms with Crippen LogP contribution in [0.5, 0.6) is 5.88 Å². The van der Waals surface area contributed by atoms with Crippen LogP contribution in [-0.4, -0.2) is 48.6 Å². The topological polar surface area (TPSA) is 71.7 Å². The van der Waals surface area contributed by atoms with Crippen molar-refractivity contribution in [2.24, 2.45) is 0 Å². The van der Waals surface area contributed by atoms with E-state index >= 15 is 0 Å². The van der Waals surface area contributed by atoms with Gasteiger partial charge in [-0.15, -0.1) is 0 Å². The lowest BCUT2D eigenvalue weighted by molar-refractivity contribution is -0.128. The SMILES string of the molecule is CCCOc1nc(N2CCCN(C(C)=O)CC2)ccc1N. The Bertz CT molecular complexity index is 493. The number of aromatic nitrogens is 1. The number of amides is 1. The molecule has 0 radical (unpaired) electrons. The summed E-state index contributed by atoms with van der Waals surface area (Å²) >= 11 is 0. The second kappa shape index (κ2) is 7.15. The van der Waals surface area contributed by atoms with E-state index in [9.17, 15) is 4.79 Å². The highest BCUT2D eigenvalue weighted by molar-refractivity contribution is 5.73. The summed E-state index contributed by atoms with van der Waals surface area (Å²) in [4.78, 5) is 20.0. The minimum absolute atomic E-state index is 0.133. The Morgan fingerprint density at radius 1 is 1.33 bits per heavy atom. The molecule has 2 heterocycles. The average Bonchev–Trinajstić information content (AvgIpc) is 2.72. The Balaban J connectivity index is 2.08. The first-order chi connectivity index (χ1) is 10.1. The van der Waals surface area contributed by atoms with E-state index in [0.29, 0.717) is 18.2 Å². The molecule has 0 aliphatic carbocycles. The minimum Gasteiger partial charge on any atom is -0.476 e. The van der Waals surface area contributed by atoms with E-state index < -0.39 is 0 Å². The van der Waals surface area contributed by atoms with E-state index in [1.807, 2.05) is 24.0 Å². The van der Waals surface area contributed by atoms with Gasteiger partial charge in [-0.2, -0.15) is 4.98 Å². The molecule has 1 aromatic heterocycles. The minimum atomic E-state index is 0.133. The third-order valence-electron chi connectivity index (χ3n) is 3.58. The summed E-state index contributed by atoms with van der Waals surface area (Å²) in [6, 6.07) is 3.75. The van der Waals surface area contributed by atoms with Gasteiger partial charge in [0.2, 0.25) is 11.8 Å². The number of anilines is 2. The maximum atomic E-state index is 11.5. The molecule has 1 aromatic rings. The van der Waals surface area contributed by atoms with Crippen molar-refractivity contribution in [3.05, 3.63) is 12.1 Å². The normalized spacial score (nSPS) is 15.7. The zero-order chi connectivity index (χ0) is 15.2. The molecule has 2 rings (SSSR count).